The normalized spacial score (nSPS) is 20.7. The lowest BCUT2D eigenvalue weighted by Gasteiger charge is -2.31. The number of hydrogen-bond acceptors (Lipinski definition) is 4. The van der Waals surface area contributed by atoms with Gasteiger partial charge in [-0.15, -0.1) is 0 Å². The van der Waals surface area contributed by atoms with E-state index in [1.807, 2.05) is 58.0 Å². The van der Waals surface area contributed by atoms with Crippen LogP contribution >= 0.6 is 0 Å². The lowest BCUT2D eigenvalue weighted by Crippen LogP contribution is -2.41. The van der Waals surface area contributed by atoms with Crippen LogP contribution in [-0.4, -0.2) is 29.9 Å². The number of rotatable bonds is 6. The highest BCUT2D eigenvalue weighted by atomic mass is 16.6. The van der Waals surface area contributed by atoms with Crippen LogP contribution in [0.25, 0.3) is 0 Å². The number of amides is 2. The molecule has 0 aliphatic heterocycles. The molecule has 0 bridgehead atoms. The summed E-state index contributed by atoms with van der Waals surface area (Å²) in [5.41, 5.74) is 0.499. The number of carbonyl (C=O) groups is 2. The number of alkyl carbamates (subject to hydrolysis) is 2. The summed E-state index contributed by atoms with van der Waals surface area (Å²) in [5.74, 6) is 0.543. The van der Waals surface area contributed by atoms with Crippen LogP contribution in [0.15, 0.2) is 30.3 Å². The Labute approximate surface area is 168 Å². The summed E-state index contributed by atoms with van der Waals surface area (Å²) in [6, 6.07) is 9.87. The third-order valence-electron chi connectivity index (χ3n) is 4.83. The molecular weight excluding hydrogens is 356 g/mol. The van der Waals surface area contributed by atoms with Crippen LogP contribution < -0.4 is 10.6 Å². The molecule has 0 heterocycles. The summed E-state index contributed by atoms with van der Waals surface area (Å²) in [7, 11) is 0. The second-order valence-corrected chi connectivity index (χ2v) is 8.71. The fraction of sp³-hybridized carbons (Fsp3) is 0.636. The van der Waals surface area contributed by atoms with E-state index in [1.165, 1.54) is 0 Å². The minimum atomic E-state index is -0.475. The Balaban J connectivity index is 1.62. The molecule has 2 N–H and O–H groups in total. The van der Waals surface area contributed by atoms with Gasteiger partial charge < -0.3 is 20.1 Å². The third-order valence-corrected chi connectivity index (χ3v) is 4.83. The molecule has 6 nitrogen and oxygen atoms in total. The number of carbonyl (C=O) groups excluding carboxylic acids is 2. The quantitative estimate of drug-likeness (QED) is 0.733. The Kier molecular flexibility index (Phi) is 8.15. The molecule has 0 aromatic heterocycles. The zero-order chi connectivity index (χ0) is 20.6. The van der Waals surface area contributed by atoms with Crippen molar-refractivity contribution in [3.05, 3.63) is 35.9 Å². The minimum absolute atomic E-state index is 0.0589. The molecule has 1 atom stereocenters. The summed E-state index contributed by atoms with van der Waals surface area (Å²) in [6.45, 7) is 7.88. The molecule has 0 unspecified atom stereocenters. The van der Waals surface area contributed by atoms with E-state index in [-0.39, 0.29) is 30.9 Å². The Hall–Kier alpha value is -2.24. The van der Waals surface area contributed by atoms with Crippen molar-refractivity contribution in [2.24, 2.45) is 5.92 Å². The maximum atomic E-state index is 12.0. The second kappa shape index (κ2) is 10.3. The van der Waals surface area contributed by atoms with Gasteiger partial charge in [0.15, 0.2) is 0 Å². The standard InChI is InChI=1S/C22H34N2O4/c1-16(23-20(25)27-15-18-8-6-5-7-9-18)14-17-10-12-19(13-11-17)24-21(26)28-22(2,3)4/h5-9,16-17,19H,10-15H2,1-4H3,(H,23,25)(H,24,26)/t16-,17?,19?/m0/s1. The Morgan fingerprint density at radius 3 is 2.32 bits per heavy atom. The molecule has 1 aromatic carbocycles. The molecule has 0 spiro atoms. The smallest absolute Gasteiger partial charge is 0.407 e. The SMILES string of the molecule is C[C@@H](CC1CCC(NC(=O)OC(C)(C)C)CC1)NC(=O)OCc1ccccc1. The molecule has 1 aliphatic rings. The lowest BCUT2D eigenvalue weighted by atomic mass is 9.82. The van der Waals surface area contributed by atoms with E-state index in [2.05, 4.69) is 10.6 Å². The largest absolute Gasteiger partial charge is 0.445 e. The van der Waals surface area contributed by atoms with Crippen molar-refractivity contribution in [2.75, 3.05) is 0 Å². The Bertz CT molecular complexity index is 619. The van der Waals surface area contributed by atoms with E-state index in [0.717, 1.165) is 37.7 Å². The van der Waals surface area contributed by atoms with Gasteiger partial charge in [0.2, 0.25) is 0 Å². The first-order valence-corrected chi connectivity index (χ1v) is 10.2. The lowest BCUT2D eigenvalue weighted by molar-refractivity contribution is 0.0485. The van der Waals surface area contributed by atoms with Gasteiger partial charge in [0, 0.05) is 12.1 Å². The van der Waals surface area contributed by atoms with Crippen LogP contribution in [-0.2, 0) is 16.1 Å². The summed E-state index contributed by atoms with van der Waals surface area (Å²) < 4.78 is 10.6. The molecular formula is C22H34N2O4. The van der Waals surface area contributed by atoms with Gasteiger partial charge in [-0.2, -0.15) is 0 Å². The average molecular weight is 391 g/mol. The van der Waals surface area contributed by atoms with Gasteiger partial charge in [-0.3, -0.25) is 0 Å². The molecule has 1 aliphatic carbocycles. The molecule has 1 saturated carbocycles. The molecule has 6 heteroatoms. The van der Waals surface area contributed by atoms with Crippen molar-refractivity contribution in [3.8, 4) is 0 Å². The van der Waals surface area contributed by atoms with Crippen molar-refractivity contribution in [3.63, 3.8) is 0 Å². The van der Waals surface area contributed by atoms with E-state index in [4.69, 9.17) is 9.47 Å². The summed E-state index contributed by atoms with van der Waals surface area (Å²) >= 11 is 0. The van der Waals surface area contributed by atoms with Gasteiger partial charge in [-0.1, -0.05) is 30.3 Å². The highest BCUT2D eigenvalue weighted by Gasteiger charge is 2.26. The predicted molar refractivity (Wildman–Crippen MR) is 109 cm³/mol. The fourth-order valence-corrected chi connectivity index (χ4v) is 3.54. The van der Waals surface area contributed by atoms with Crippen molar-refractivity contribution in [2.45, 2.75) is 84.1 Å². The molecule has 0 radical (unpaired) electrons. The zero-order valence-corrected chi connectivity index (χ0v) is 17.5. The van der Waals surface area contributed by atoms with Crippen LogP contribution in [0.3, 0.4) is 0 Å². The number of hydrogen-bond donors (Lipinski definition) is 2. The zero-order valence-electron chi connectivity index (χ0n) is 17.5. The van der Waals surface area contributed by atoms with Crippen LogP contribution in [0.4, 0.5) is 9.59 Å². The first-order valence-electron chi connectivity index (χ1n) is 10.2. The van der Waals surface area contributed by atoms with Gasteiger partial charge in [0.25, 0.3) is 0 Å². The minimum Gasteiger partial charge on any atom is -0.445 e. The van der Waals surface area contributed by atoms with Crippen molar-refractivity contribution < 1.29 is 19.1 Å². The van der Waals surface area contributed by atoms with Crippen LogP contribution in [0.1, 0.15) is 65.4 Å². The maximum Gasteiger partial charge on any atom is 0.407 e. The van der Waals surface area contributed by atoms with Gasteiger partial charge in [-0.25, -0.2) is 9.59 Å². The molecule has 1 aromatic rings. The van der Waals surface area contributed by atoms with Crippen molar-refractivity contribution in [1.82, 2.24) is 10.6 Å². The first kappa shape index (κ1) is 22.1. The number of ether oxygens (including phenoxy) is 2. The van der Waals surface area contributed by atoms with Gasteiger partial charge >= 0.3 is 12.2 Å². The highest BCUT2D eigenvalue weighted by molar-refractivity contribution is 5.68. The van der Waals surface area contributed by atoms with Crippen molar-refractivity contribution >= 4 is 12.2 Å². The molecule has 2 rings (SSSR count). The molecule has 28 heavy (non-hydrogen) atoms. The molecule has 1 fully saturated rings. The highest BCUT2D eigenvalue weighted by Crippen LogP contribution is 2.28. The van der Waals surface area contributed by atoms with Gasteiger partial charge in [0.1, 0.15) is 12.2 Å². The summed E-state index contributed by atoms with van der Waals surface area (Å²) in [4.78, 5) is 23.8. The summed E-state index contributed by atoms with van der Waals surface area (Å²) in [6.07, 6.45) is 4.14. The Morgan fingerprint density at radius 2 is 1.71 bits per heavy atom. The molecule has 0 saturated heterocycles. The van der Waals surface area contributed by atoms with Crippen molar-refractivity contribution in [1.29, 1.82) is 0 Å². The third kappa shape index (κ3) is 8.63. The van der Waals surface area contributed by atoms with E-state index in [0.29, 0.717) is 5.92 Å². The predicted octanol–water partition coefficient (Wildman–Crippen LogP) is 4.77. The molecule has 156 valence electrons. The number of benzene rings is 1. The second-order valence-electron chi connectivity index (χ2n) is 8.71. The monoisotopic (exact) mass is 390 g/mol. The topological polar surface area (TPSA) is 76.7 Å². The maximum absolute atomic E-state index is 12.0. The molecule has 2 amide bonds. The first-order chi connectivity index (χ1) is 13.2. The van der Waals surface area contributed by atoms with E-state index in [1.54, 1.807) is 0 Å². The van der Waals surface area contributed by atoms with Crippen LogP contribution in [0.5, 0.6) is 0 Å². The van der Waals surface area contributed by atoms with Gasteiger partial charge in [0.05, 0.1) is 0 Å². The van der Waals surface area contributed by atoms with E-state index in [9.17, 15) is 9.59 Å². The fourth-order valence-electron chi connectivity index (χ4n) is 3.54. The Morgan fingerprint density at radius 1 is 1.07 bits per heavy atom. The number of nitrogens with one attached hydrogen (secondary N) is 2. The van der Waals surface area contributed by atoms with E-state index < -0.39 is 5.60 Å². The van der Waals surface area contributed by atoms with Gasteiger partial charge in [-0.05, 0) is 71.3 Å². The van der Waals surface area contributed by atoms with Crippen LogP contribution in [0.2, 0.25) is 0 Å². The van der Waals surface area contributed by atoms with Crippen LogP contribution in [0, 0.1) is 5.92 Å². The van der Waals surface area contributed by atoms with E-state index >= 15 is 0 Å². The summed E-state index contributed by atoms with van der Waals surface area (Å²) in [5, 5.41) is 5.88. The average Bonchev–Trinajstić information content (AvgIpc) is 2.61.